The second kappa shape index (κ2) is 17.0. The highest BCUT2D eigenvalue weighted by Gasteiger charge is 2.36. The number of fused-ring (bicyclic) bond motifs is 1. The second-order valence-corrected chi connectivity index (χ2v) is 15.3. The maximum atomic E-state index is 14.2. The van der Waals surface area contributed by atoms with Gasteiger partial charge in [0.1, 0.15) is 18.5 Å². The van der Waals surface area contributed by atoms with Crippen LogP contribution in [0.15, 0.2) is 77.7 Å². The Balaban J connectivity index is 1.36. The van der Waals surface area contributed by atoms with E-state index in [4.69, 9.17) is 28.9 Å². The smallest absolute Gasteiger partial charge is 0.407 e. The number of carbonyl (C=O) groups is 1. The summed E-state index contributed by atoms with van der Waals surface area (Å²) in [5.74, 6) is 1.41. The minimum absolute atomic E-state index is 0.0102. The fraction of sp³-hybridized carbons (Fsp3) is 0.459. The molecule has 3 unspecified atom stereocenters. The van der Waals surface area contributed by atoms with Crippen molar-refractivity contribution in [1.29, 1.82) is 5.26 Å². The van der Waals surface area contributed by atoms with E-state index in [2.05, 4.69) is 11.4 Å². The number of aliphatic hydroxyl groups is 1. The lowest BCUT2D eigenvalue weighted by atomic mass is 9.87. The van der Waals surface area contributed by atoms with E-state index >= 15 is 0 Å². The third kappa shape index (κ3) is 10.3. The standard InChI is InChI=1S/C37H45N3O9S/c1-37(2,17-6-7-18-38)25-40(50(43,44)31-14-15-34-35(21-31)48-26-47-34)22-33(41)32(39-36(42)49-30-16-19-45-24-30)20-27-10-12-29(13-11-27)46-23-28-8-4-3-5-9-28/h3-5,8-15,21,30,32-33,41H,6-7,16-17,19-20,22-26H2,1-2H3,(H,39,42). The van der Waals surface area contributed by atoms with Crippen LogP contribution in [0.1, 0.15) is 50.7 Å². The number of nitrogens with zero attached hydrogens (tertiary/aromatic N) is 2. The molecule has 12 nitrogen and oxygen atoms in total. The van der Waals surface area contributed by atoms with Crippen molar-refractivity contribution in [1.82, 2.24) is 9.62 Å². The molecule has 3 atom stereocenters. The number of aliphatic hydroxyl groups excluding tert-OH is 1. The molecule has 1 fully saturated rings. The van der Waals surface area contributed by atoms with E-state index in [1.807, 2.05) is 68.4 Å². The minimum Gasteiger partial charge on any atom is -0.489 e. The van der Waals surface area contributed by atoms with Gasteiger partial charge in [0, 0.05) is 32.0 Å². The van der Waals surface area contributed by atoms with Crippen molar-refractivity contribution in [3.63, 3.8) is 0 Å². The zero-order valence-corrected chi connectivity index (χ0v) is 29.3. The first-order valence-corrected chi connectivity index (χ1v) is 18.2. The molecule has 2 aliphatic rings. The first-order chi connectivity index (χ1) is 24.0. The van der Waals surface area contributed by atoms with Crippen LogP contribution in [0.3, 0.4) is 0 Å². The lowest BCUT2D eigenvalue weighted by Crippen LogP contribution is -2.52. The fourth-order valence-electron chi connectivity index (χ4n) is 5.91. The Labute approximate surface area is 293 Å². The van der Waals surface area contributed by atoms with Crippen molar-refractivity contribution in [3.05, 3.63) is 83.9 Å². The molecule has 0 saturated carbocycles. The zero-order valence-electron chi connectivity index (χ0n) is 28.5. The predicted molar refractivity (Wildman–Crippen MR) is 184 cm³/mol. The fourth-order valence-corrected chi connectivity index (χ4v) is 7.58. The van der Waals surface area contributed by atoms with E-state index in [0.717, 1.165) is 11.1 Å². The van der Waals surface area contributed by atoms with Crippen LogP contribution in [0, 0.1) is 16.7 Å². The molecule has 2 heterocycles. The number of nitrogens with one attached hydrogen (secondary N) is 1. The molecule has 0 aliphatic carbocycles. The number of alkyl carbamates (subject to hydrolysis) is 1. The summed E-state index contributed by atoms with van der Waals surface area (Å²) < 4.78 is 57.3. The van der Waals surface area contributed by atoms with E-state index in [1.54, 1.807) is 6.07 Å². The van der Waals surface area contributed by atoms with Gasteiger partial charge in [0.05, 0.1) is 36.3 Å². The van der Waals surface area contributed by atoms with Crippen LogP contribution in [0.2, 0.25) is 0 Å². The molecular weight excluding hydrogens is 662 g/mol. The Bertz CT molecular complexity index is 1710. The van der Waals surface area contributed by atoms with Crippen LogP contribution in [0.25, 0.3) is 0 Å². The number of hydrogen-bond acceptors (Lipinski definition) is 10. The van der Waals surface area contributed by atoms with Gasteiger partial charge in [0.25, 0.3) is 0 Å². The Morgan fingerprint density at radius 2 is 1.84 bits per heavy atom. The van der Waals surface area contributed by atoms with Crippen LogP contribution in [0.5, 0.6) is 17.2 Å². The molecule has 3 aromatic rings. The number of sulfonamides is 1. The molecule has 1 saturated heterocycles. The molecule has 0 radical (unpaired) electrons. The van der Waals surface area contributed by atoms with Gasteiger partial charge in [-0.3, -0.25) is 0 Å². The normalized spacial score (nSPS) is 16.8. The summed E-state index contributed by atoms with van der Waals surface area (Å²) >= 11 is 0. The number of benzene rings is 3. The van der Waals surface area contributed by atoms with Crippen LogP contribution >= 0.6 is 0 Å². The molecule has 2 N–H and O–H groups in total. The number of rotatable bonds is 17. The number of nitriles is 1. The predicted octanol–water partition coefficient (Wildman–Crippen LogP) is 5.19. The van der Waals surface area contributed by atoms with Gasteiger partial charge in [-0.15, -0.1) is 0 Å². The average Bonchev–Trinajstić information content (AvgIpc) is 3.80. The summed E-state index contributed by atoms with van der Waals surface area (Å²) in [6, 6.07) is 22.7. The van der Waals surface area contributed by atoms with Gasteiger partial charge in [-0.1, -0.05) is 56.3 Å². The van der Waals surface area contributed by atoms with Gasteiger partial charge in [0.15, 0.2) is 11.5 Å². The number of carbonyl (C=O) groups excluding carboxylic acids is 1. The molecule has 0 bridgehead atoms. The third-order valence-electron chi connectivity index (χ3n) is 8.68. The monoisotopic (exact) mass is 707 g/mol. The topological polar surface area (TPSA) is 157 Å². The van der Waals surface area contributed by atoms with E-state index in [0.29, 0.717) is 56.1 Å². The number of unbranched alkanes of at least 4 members (excludes halogenated alkanes) is 1. The molecule has 268 valence electrons. The summed E-state index contributed by atoms with van der Waals surface area (Å²) in [4.78, 5) is 13.0. The summed E-state index contributed by atoms with van der Waals surface area (Å²) in [5.41, 5.74) is 1.27. The van der Waals surface area contributed by atoms with Crippen LogP contribution in [-0.4, -0.2) is 75.3 Å². The molecule has 13 heteroatoms. The maximum Gasteiger partial charge on any atom is 0.407 e. The molecular formula is C37H45N3O9S. The van der Waals surface area contributed by atoms with Crippen molar-refractivity contribution < 1.29 is 42.0 Å². The Morgan fingerprint density at radius 3 is 2.56 bits per heavy atom. The third-order valence-corrected chi connectivity index (χ3v) is 10.5. The molecule has 2 aliphatic heterocycles. The Hall–Kier alpha value is -4.35. The molecule has 5 rings (SSSR count). The number of hydrogen-bond donors (Lipinski definition) is 2. The quantitative estimate of drug-likeness (QED) is 0.179. The number of amides is 1. The van der Waals surface area contributed by atoms with Crippen molar-refractivity contribution in [2.75, 3.05) is 33.1 Å². The van der Waals surface area contributed by atoms with Crippen molar-refractivity contribution in [2.24, 2.45) is 5.41 Å². The maximum absolute atomic E-state index is 14.2. The first kappa shape index (κ1) is 36.9. The summed E-state index contributed by atoms with van der Waals surface area (Å²) in [5, 5.41) is 23.7. The molecule has 50 heavy (non-hydrogen) atoms. The first-order valence-electron chi connectivity index (χ1n) is 16.8. The minimum atomic E-state index is -4.17. The number of ether oxygens (including phenoxy) is 5. The van der Waals surface area contributed by atoms with E-state index in [1.165, 1.54) is 16.4 Å². The van der Waals surface area contributed by atoms with Crippen molar-refractivity contribution in [2.45, 2.75) is 75.7 Å². The molecule has 3 aromatic carbocycles. The van der Waals surface area contributed by atoms with Crippen molar-refractivity contribution >= 4 is 16.1 Å². The van der Waals surface area contributed by atoms with Gasteiger partial charge >= 0.3 is 6.09 Å². The SMILES string of the molecule is CC(C)(CCCC#N)CN(CC(O)C(Cc1ccc(OCc2ccccc2)cc1)NC(=O)OC1CCOC1)S(=O)(=O)c1ccc2c(c1)OCO2. The van der Waals surface area contributed by atoms with E-state index < -0.39 is 39.8 Å². The Morgan fingerprint density at radius 1 is 1.08 bits per heavy atom. The van der Waals surface area contributed by atoms with Crippen molar-refractivity contribution in [3.8, 4) is 23.3 Å². The molecule has 0 spiro atoms. The second-order valence-electron chi connectivity index (χ2n) is 13.3. The van der Waals surface area contributed by atoms with Gasteiger partial charge in [0.2, 0.25) is 16.8 Å². The van der Waals surface area contributed by atoms with E-state index in [-0.39, 0.29) is 37.8 Å². The zero-order chi connectivity index (χ0) is 35.6. The van der Waals surface area contributed by atoms with Gasteiger partial charge < -0.3 is 34.1 Å². The highest BCUT2D eigenvalue weighted by Crippen LogP contribution is 2.36. The van der Waals surface area contributed by atoms with Crippen LogP contribution < -0.4 is 19.5 Å². The van der Waals surface area contributed by atoms with E-state index in [9.17, 15) is 18.3 Å². The van der Waals surface area contributed by atoms with Gasteiger partial charge in [-0.05, 0) is 60.1 Å². The average molecular weight is 708 g/mol. The van der Waals surface area contributed by atoms with Crippen LogP contribution in [-0.2, 0) is 32.5 Å². The molecule has 1 amide bonds. The van der Waals surface area contributed by atoms with Gasteiger partial charge in [-0.25, -0.2) is 13.2 Å². The van der Waals surface area contributed by atoms with Gasteiger partial charge in [-0.2, -0.15) is 9.57 Å². The van der Waals surface area contributed by atoms with Crippen LogP contribution in [0.4, 0.5) is 4.79 Å². The summed E-state index contributed by atoms with van der Waals surface area (Å²) in [7, 11) is -4.17. The summed E-state index contributed by atoms with van der Waals surface area (Å²) in [6.07, 6.45) is -0.212. The highest BCUT2D eigenvalue weighted by atomic mass is 32.2. The summed E-state index contributed by atoms with van der Waals surface area (Å²) in [6.45, 7) is 4.75. The largest absolute Gasteiger partial charge is 0.489 e. The highest BCUT2D eigenvalue weighted by molar-refractivity contribution is 7.89. The Kier molecular flexibility index (Phi) is 12.6. The molecule has 0 aromatic heterocycles. The lowest BCUT2D eigenvalue weighted by molar-refractivity contribution is 0.0624. The lowest BCUT2D eigenvalue weighted by Gasteiger charge is -2.35.